The summed E-state index contributed by atoms with van der Waals surface area (Å²) in [6, 6.07) is 19.8. The van der Waals surface area contributed by atoms with E-state index in [1.807, 2.05) is 24.3 Å². The third-order valence-corrected chi connectivity index (χ3v) is 6.88. The zero-order chi connectivity index (χ0) is 25.7. The van der Waals surface area contributed by atoms with E-state index >= 15 is 0 Å². The summed E-state index contributed by atoms with van der Waals surface area (Å²) in [6.45, 7) is 0.457. The van der Waals surface area contributed by atoms with E-state index in [4.69, 9.17) is 48.6 Å². The van der Waals surface area contributed by atoms with Crippen molar-refractivity contribution in [3.63, 3.8) is 0 Å². The van der Waals surface area contributed by atoms with E-state index in [9.17, 15) is 4.79 Å². The summed E-state index contributed by atoms with van der Waals surface area (Å²) in [5.74, 6) is 6.06. The number of nitrogens with zero attached hydrogens (tertiary/aromatic N) is 1. The minimum atomic E-state index is -1.44. The first kappa shape index (κ1) is 26.4. The predicted octanol–water partition coefficient (Wildman–Crippen LogP) is 5.01. The molecule has 0 aliphatic carbocycles. The molecule has 2 atom stereocenters. The van der Waals surface area contributed by atoms with Gasteiger partial charge < -0.3 is 14.6 Å². The number of amides is 1. The Kier molecular flexibility index (Phi) is 8.54. The van der Waals surface area contributed by atoms with Crippen LogP contribution in [0.25, 0.3) is 0 Å². The number of ether oxygens (including phenoxy) is 2. The molecule has 1 aliphatic heterocycles. The Hall–Kier alpha value is -2.62. The lowest BCUT2D eigenvalue weighted by Gasteiger charge is -2.30. The molecule has 3 aromatic carbocycles. The second-order valence-electron chi connectivity index (χ2n) is 8.23. The number of nitrogens with one attached hydrogen (secondary N) is 1. The van der Waals surface area contributed by atoms with Crippen LogP contribution in [0, 0.1) is 0 Å². The summed E-state index contributed by atoms with van der Waals surface area (Å²) in [4.78, 5) is 18.2. The van der Waals surface area contributed by atoms with Crippen molar-refractivity contribution in [3.8, 4) is 5.75 Å². The average Bonchev–Trinajstić information content (AvgIpc) is 3.25. The summed E-state index contributed by atoms with van der Waals surface area (Å²) in [5.41, 5.74) is 2.91. The molecule has 0 fully saturated rings. The van der Waals surface area contributed by atoms with Gasteiger partial charge in [-0.1, -0.05) is 57.3 Å². The third-order valence-electron chi connectivity index (χ3n) is 5.79. The SMILES string of the molecule is NNC(=O)[C@@]1(Cc2ccc(Br)cc2)N=C(c2ccc(OCCCO)cc2)O[C@H]1c1ccc(Cl)cc1Cl. The molecule has 0 radical (unpaired) electrons. The van der Waals surface area contributed by atoms with Gasteiger partial charge in [-0.25, -0.2) is 10.8 Å². The lowest BCUT2D eigenvalue weighted by molar-refractivity contribution is -0.129. The minimum absolute atomic E-state index is 0.0566. The molecular weight excluding hydrogens is 569 g/mol. The Bertz CT molecular complexity index is 1260. The number of hydrogen-bond donors (Lipinski definition) is 3. The highest BCUT2D eigenvalue weighted by Crippen LogP contribution is 2.45. The number of halogens is 3. The Balaban J connectivity index is 1.77. The fraction of sp³-hybridized carbons (Fsp3) is 0.231. The molecule has 0 aromatic heterocycles. The summed E-state index contributed by atoms with van der Waals surface area (Å²) in [6.07, 6.45) is -0.128. The van der Waals surface area contributed by atoms with Gasteiger partial charge in [-0.3, -0.25) is 10.2 Å². The van der Waals surface area contributed by atoms with Crippen molar-refractivity contribution in [1.82, 2.24) is 5.43 Å². The molecule has 10 heteroatoms. The molecule has 1 heterocycles. The minimum Gasteiger partial charge on any atom is -0.494 e. The summed E-state index contributed by atoms with van der Waals surface area (Å²) >= 11 is 16.1. The van der Waals surface area contributed by atoms with Crippen LogP contribution < -0.4 is 16.0 Å². The lowest BCUT2D eigenvalue weighted by Crippen LogP contribution is -2.52. The van der Waals surface area contributed by atoms with E-state index in [1.165, 1.54) is 0 Å². The number of benzene rings is 3. The van der Waals surface area contributed by atoms with Gasteiger partial charge in [0.15, 0.2) is 11.6 Å². The number of carbonyl (C=O) groups is 1. The molecule has 36 heavy (non-hydrogen) atoms. The Morgan fingerprint density at radius 3 is 2.50 bits per heavy atom. The van der Waals surface area contributed by atoms with Crippen LogP contribution in [-0.2, 0) is 16.0 Å². The van der Waals surface area contributed by atoms with Crippen LogP contribution in [0.2, 0.25) is 10.0 Å². The molecule has 4 rings (SSSR count). The second kappa shape index (κ2) is 11.6. The topological polar surface area (TPSA) is 106 Å². The molecule has 0 saturated heterocycles. The van der Waals surface area contributed by atoms with Crippen molar-refractivity contribution in [1.29, 1.82) is 0 Å². The molecule has 0 spiro atoms. The van der Waals surface area contributed by atoms with Crippen molar-refractivity contribution in [2.45, 2.75) is 24.5 Å². The van der Waals surface area contributed by atoms with Gasteiger partial charge >= 0.3 is 0 Å². The largest absolute Gasteiger partial charge is 0.494 e. The molecule has 0 bridgehead atoms. The van der Waals surface area contributed by atoms with Gasteiger partial charge in [0.2, 0.25) is 5.90 Å². The first-order valence-corrected chi connectivity index (χ1v) is 12.7. The quantitative estimate of drug-likeness (QED) is 0.140. The van der Waals surface area contributed by atoms with Crippen LogP contribution in [0.15, 0.2) is 76.2 Å². The fourth-order valence-corrected chi connectivity index (χ4v) is 4.78. The molecule has 3 aromatic rings. The molecule has 1 aliphatic rings. The molecular formula is C26H24BrCl2N3O4. The summed E-state index contributed by atoms with van der Waals surface area (Å²) in [5, 5.41) is 9.75. The molecule has 0 unspecified atom stereocenters. The van der Waals surface area contributed by atoms with Crippen molar-refractivity contribution >= 4 is 50.9 Å². The maximum absolute atomic E-state index is 13.4. The average molecular weight is 593 g/mol. The van der Waals surface area contributed by atoms with Gasteiger partial charge in [0, 0.05) is 45.1 Å². The smallest absolute Gasteiger partial charge is 0.266 e. The van der Waals surface area contributed by atoms with E-state index in [-0.39, 0.29) is 18.9 Å². The molecule has 7 nitrogen and oxygen atoms in total. The monoisotopic (exact) mass is 591 g/mol. The molecule has 188 valence electrons. The number of nitrogens with two attached hydrogens (primary N) is 1. The van der Waals surface area contributed by atoms with Crippen molar-refractivity contribution in [3.05, 3.63) is 97.9 Å². The third kappa shape index (κ3) is 5.68. The van der Waals surface area contributed by atoms with E-state index in [2.05, 4.69) is 21.4 Å². The summed E-state index contributed by atoms with van der Waals surface area (Å²) < 4.78 is 12.9. The number of aliphatic hydroxyl groups excluding tert-OH is 1. The van der Waals surface area contributed by atoms with Gasteiger partial charge in [0.25, 0.3) is 5.91 Å². The maximum Gasteiger partial charge on any atom is 0.266 e. The number of rotatable bonds is 9. The van der Waals surface area contributed by atoms with E-state index in [0.717, 1.165) is 10.0 Å². The number of hydrazine groups is 1. The van der Waals surface area contributed by atoms with Gasteiger partial charge in [0.1, 0.15) is 5.75 Å². The van der Waals surface area contributed by atoms with Crippen molar-refractivity contribution in [2.75, 3.05) is 13.2 Å². The van der Waals surface area contributed by atoms with E-state index in [0.29, 0.717) is 39.9 Å². The van der Waals surface area contributed by atoms with Gasteiger partial charge in [0.05, 0.1) is 6.61 Å². The fourth-order valence-electron chi connectivity index (χ4n) is 4.01. The maximum atomic E-state index is 13.4. The Morgan fingerprint density at radius 2 is 1.86 bits per heavy atom. The van der Waals surface area contributed by atoms with Crippen molar-refractivity contribution < 1.29 is 19.4 Å². The predicted molar refractivity (Wildman–Crippen MR) is 143 cm³/mol. The Morgan fingerprint density at radius 1 is 1.14 bits per heavy atom. The molecule has 1 amide bonds. The van der Waals surface area contributed by atoms with Gasteiger partial charge in [-0.05, 0) is 54.1 Å². The zero-order valence-corrected chi connectivity index (χ0v) is 22.2. The van der Waals surface area contributed by atoms with Gasteiger partial charge in [-0.15, -0.1) is 0 Å². The lowest BCUT2D eigenvalue weighted by atomic mass is 9.82. The molecule has 0 saturated carbocycles. The number of carbonyl (C=O) groups excluding carboxylic acids is 1. The summed E-state index contributed by atoms with van der Waals surface area (Å²) in [7, 11) is 0. The highest BCUT2D eigenvalue weighted by atomic mass is 79.9. The number of aliphatic imine (C=N–C) groups is 1. The van der Waals surface area contributed by atoms with Crippen LogP contribution in [0.1, 0.15) is 29.2 Å². The standard InChI is InChI=1S/C26H24BrCl2N3O4/c27-18-6-2-16(3-7-18)15-26(25(34)32-30)23(21-11-8-19(28)14-22(21)29)36-24(31-26)17-4-9-20(10-5-17)35-13-1-12-33/h2-11,14,23,33H,1,12-13,15,30H2,(H,32,34)/t23-,26-/m0/s1. The van der Waals surface area contributed by atoms with Crippen LogP contribution in [0.3, 0.4) is 0 Å². The Labute approximate surface area is 227 Å². The number of aliphatic hydroxyl groups is 1. The van der Waals surface area contributed by atoms with Crippen LogP contribution in [0.5, 0.6) is 5.75 Å². The van der Waals surface area contributed by atoms with Crippen LogP contribution in [0.4, 0.5) is 0 Å². The van der Waals surface area contributed by atoms with E-state index < -0.39 is 17.6 Å². The van der Waals surface area contributed by atoms with Crippen molar-refractivity contribution in [2.24, 2.45) is 10.8 Å². The first-order valence-electron chi connectivity index (χ1n) is 11.2. The van der Waals surface area contributed by atoms with Crippen LogP contribution in [-0.4, -0.2) is 35.7 Å². The van der Waals surface area contributed by atoms with E-state index in [1.54, 1.807) is 42.5 Å². The zero-order valence-electron chi connectivity index (χ0n) is 19.1. The first-order chi connectivity index (χ1) is 17.4. The number of hydrogen-bond acceptors (Lipinski definition) is 6. The van der Waals surface area contributed by atoms with Gasteiger partial charge in [-0.2, -0.15) is 0 Å². The highest BCUT2D eigenvalue weighted by molar-refractivity contribution is 9.10. The molecule has 4 N–H and O–H groups in total. The highest BCUT2D eigenvalue weighted by Gasteiger charge is 2.53. The van der Waals surface area contributed by atoms with Crippen LogP contribution >= 0.6 is 39.1 Å². The second-order valence-corrected chi connectivity index (χ2v) is 9.99. The normalized spacial score (nSPS) is 18.9.